The summed E-state index contributed by atoms with van der Waals surface area (Å²) in [6.45, 7) is 11.2. The second-order valence-electron chi connectivity index (χ2n) is 14.0. The van der Waals surface area contributed by atoms with E-state index < -0.39 is 0 Å². The highest BCUT2D eigenvalue weighted by molar-refractivity contribution is 5.84. The largest absolute Gasteiger partial charge is 0.378 e. The zero-order chi connectivity index (χ0) is 36.8. The topological polar surface area (TPSA) is 13.0 Å². The first-order valence-corrected chi connectivity index (χ1v) is 19.1. The quantitative estimate of drug-likeness (QED) is 0.102. The first-order chi connectivity index (χ1) is 24.7. The molecule has 4 heteroatoms. The Kier molecular flexibility index (Phi) is 15.0. The van der Waals surface area contributed by atoms with Gasteiger partial charge >= 0.3 is 0 Å². The molecule has 5 aromatic rings. The lowest BCUT2D eigenvalue weighted by atomic mass is 9.91. The monoisotopic (exact) mass is 682 g/mol. The van der Waals surface area contributed by atoms with Gasteiger partial charge in [-0.05, 0) is 128 Å². The molecule has 0 amide bonds. The molecule has 0 aliphatic carbocycles. The molecule has 0 bridgehead atoms. The van der Waals surface area contributed by atoms with E-state index in [1.807, 2.05) is 0 Å². The minimum absolute atomic E-state index is 0.557. The van der Waals surface area contributed by atoms with E-state index in [0.717, 1.165) is 34.9 Å². The fourth-order valence-electron chi connectivity index (χ4n) is 6.61. The molecule has 0 aliphatic rings. The van der Waals surface area contributed by atoms with Crippen LogP contribution in [0.3, 0.4) is 0 Å². The van der Waals surface area contributed by atoms with Crippen molar-refractivity contribution >= 4 is 45.5 Å². The summed E-state index contributed by atoms with van der Waals surface area (Å²) in [5.74, 6) is 0.557. The zero-order valence-electron chi connectivity index (χ0n) is 32.9. The standard InChI is InChI=1S/C41H48N4.C6H14/c1-8-13-32(9-2)33-15-11-17-39(29-33)45(37-26-22-35(23-27-37)43(6)7)41-19-12-18-40(30-41)44(38-16-10-14-31(3)28-38)36-24-20-34(21-25-36)42(4)5;1-3-5-6-4-2/h10-12,14-30,32H,8-9,13H2,1-7H3;3-6H2,1-2H3. The number of aryl methyl sites for hydroxylation is 1. The van der Waals surface area contributed by atoms with Crippen molar-refractivity contribution in [2.24, 2.45) is 0 Å². The number of anilines is 8. The third-order valence-corrected chi connectivity index (χ3v) is 9.54. The van der Waals surface area contributed by atoms with Crippen LogP contribution in [-0.2, 0) is 0 Å². The van der Waals surface area contributed by atoms with Crippen LogP contribution in [0.25, 0.3) is 0 Å². The third kappa shape index (κ3) is 10.7. The molecule has 5 aromatic carbocycles. The summed E-state index contributed by atoms with van der Waals surface area (Å²) in [5, 5.41) is 0. The first kappa shape index (κ1) is 39.1. The van der Waals surface area contributed by atoms with Crippen LogP contribution < -0.4 is 19.6 Å². The Balaban J connectivity index is 0.000000894. The lowest BCUT2D eigenvalue weighted by Gasteiger charge is -2.30. The number of unbranched alkanes of at least 4 members (excludes halogenated alkanes) is 3. The fourth-order valence-corrected chi connectivity index (χ4v) is 6.61. The number of hydrogen-bond donors (Lipinski definition) is 0. The van der Waals surface area contributed by atoms with Crippen molar-refractivity contribution in [1.29, 1.82) is 0 Å². The molecule has 51 heavy (non-hydrogen) atoms. The van der Waals surface area contributed by atoms with E-state index in [1.54, 1.807) is 0 Å². The summed E-state index contributed by atoms with van der Waals surface area (Å²) in [6.07, 6.45) is 9.06. The summed E-state index contributed by atoms with van der Waals surface area (Å²) in [6, 6.07) is 44.5. The Morgan fingerprint density at radius 3 is 1.25 bits per heavy atom. The van der Waals surface area contributed by atoms with Crippen LogP contribution in [0.2, 0.25) is 0 Å². The van der Waals surface area contributed by atoms with Crippen LogP contribution in [0.1, 0.15) is 89.7 Å². The van der Waals surface area contributed by atoms with Gasteiger partial charge in [0.15, 0.2) is 0 Å². The zero-order valence-corrected chi connectivity index (χ0v) is 32.9. The summed E-state index contributed by atoms with van der Waals surface area (Å²) in [4.78, 5) is 9.04. The summed E-state index contributed by atoms with van der Waals surface area (Å²) >= 11 is 0. The first-order valence-electron chi connectivity index (χ1n) is 19.1. The molecular formula is C47H62N4. The number of rotatable bonds is 15. The molecule has 0 fully saturated rings. The Hall–Kier alpha value is -4.70. The van der Waals surface area contributed by atoms with Gasteiger partial charge in [-0.25, -0.2) is 0 Å². The predicted molar refractivity (Wildman–Crippen MR) is 227 cm³/mol. The van der Waals surface area contributed by atoms with E-state index in [9.17, 15) is 0 Å². The van der Waals surface area contributed by atoms with Crippen molar-refractivity contribution in [3.8, 4) is 0 Å². The molecule has 1 atom stereocenters. The maximum atomic E-state index is 2.40. The molecule has 0 heterocycles. The summed E-state index contributed by atoms with van der Waals surface area (Å²) in [7, 11) is 8.33. The van der Waals surface area contributed by atoms with Gasteiger partial charge in [-0.3, -0.25) is 0 Å². The molecule has 0 aromatic heterocycles. The average Bonchev–Trinajstić information content (AvgIpc) is 3.14. The lowest BCUT2D eigenvalue weighted by Crippen LogP contribution is -2.14. The SMILES string of the molecule is CCCC(CC)c1cccc(N(c2ccc(N(C)C)cc2)c2cccc(N(c3ccc(N(C)C)cc3)c3cccc(C)c3)c2)c1.CCCCCC. The molecule has 0 aliphatic heterocycles. The van der Waals surface area contributed by atoms with Gasteiger partial charge in [0.2, 0.25) is 0 Å². The van der Waals surface area contributed by atoms with Crippen molar-refractivity contribution in [1.82, 2.24) is 0 Å². The van der Waals surface area contributed by atoms with Crippen molar-refractivity contribution in [2.75, 3.05) is 47.8 Å². The van der Waals surface area contributed by atoms with Crippen molar-refractivity contribution in [2.45, 2.75) is 85.5 Å². The van der Waals surface area contributed by atoms with Gasteiger partial charge in [-0.15, -0.1) is 0 Å². The third-order valence-electron chi connectivity index (χ3n) is 9.54. The summed E-state index contributed by atoms with van der Waals surface area (Å²) in [5.41, 5.74) is 11.8. The second kappa shape index (κ2) is 19.6. The maximum absolute atomic E-state index is 2.40. The Morgan fingerprint density at radius 2 is 0.843 bits per heavy atom. The van der Waals surface area contributed by atoms with Gasteiger partial charge in [0, 0.05) is 73.7 Å². The molecule has 0 N–H and O–H groups in total. The summed E-state index contributed by atoms with van der Waals surface area (Å²) < 4.78 is 0. The highest BCUT2D eigenvalue weighted by Gasteiger charge is 2.19. The van der Waals surface area contributed by atoms with Crippen LogP contribution in [0.15, 0.2) is 121 Å². The van der Waals surface area contributed by atoms with Crippen molar-refractivity contribution in [3.05, 3.63) is 132 Å². The lowest BCUT2D eigenvalue weighted by molar-refractivity contribution is 0.596. The van der Waals surface area contributed by atoms with Gasteiger partial charge in [0.05, 0.1) is 0 Å². The molecule has 0 saturated heterocycles. The highest BCUT2D eigenvalue weighted by Crippen LogP contribution is 2.42. The smallest absolute Gasteiger partial charge is 0.0482 e. The molecule has 270 valence electrons. The predicted octanol–water partition coefficient (Wildman–Crippen LogP) is 13.9. The van der Waals surface area contributed by atoms with E-state index in [-0.39, 0.29) is 0 Å². The molecule has 4 nitrogen and oxygen atoms in total. The number of hydrogen-bond acceptors (Lipinski definition) is 4. The van der Waals surface area contributed by atoms with E-state index in [4.69, 9.17) is 0 Å². The van der Waals surface area contributed by atoms with Crippen LogP contribution in [0.5, 0.6) is 0 Å². The molecule has 0 saturated carbocycles. The van der Waals surface area contributed by atoms with Crippen LogP contribution in [0, 0.1) is 6.92 Å². The molecule has 1 unspecified atom stereocenters. The molecule has 5 rings (SSSR count). The number of benzene rings is 5. The fraction of sp³-hybridized carbons (Fsp3) is 0.362. The van der Waals surface area contributed by atoms with E-state index in [1.165, 1.54) is 66.7 Å². The Morgan fingerprint density at radius 1 is 0.431 bits per heavy atom. The van der Waals surface area contributed by atoms with E-state index in [0.29, 0.717) is 5.92 Å². The Bertz CT molecular complexity index is 1740. The van der Waals surface area contributed by atoms with Crippen LogP contribution >= 0.6 is 0 Å². The van der Waals surface area contributed by atoms with Gasteiger partial charge in [0.25, 0.3) is 0 Å². The number of nitrogens with zero attached hydrogens (tertiary/aromatic N) is 4. The van der Waals surface area contributed by atoms with Gasteiger partial charge in [-0.2, -0.15) is 0 Å². The average molecular weight is 683 g/mol. The normalized spacial score (nSPS) is 11.3. The van der Waals surface area contributed by atoms with Crippen molar-refractivity contribution < 1.29 is 0 Å². The van der Waals surface area contributed by atoms with E-state index >= 15 is 0 Å². The molecular weight excluding hydrogens is 621 g/mol. The minimum Gasteiger partial charge on any atom is -0.378 e. The Labute approximate surface area is 310 Å². The van der Waals surface area contributed by atoms with E-state index in [2.05, 4.69) is 204 Å². The highest BCUT2D eigenvalue weighted by atomic mass is 15.2. The maximum Gasteiger partial charge on any atom is 0.0482 e. The molecule has 0 spiro atoms. The molecule has 0 radical (unpaired) electrons. The minimum atomic E-state index is 0.557. The van der Waals surface area contributed by atoms with Gasteiger partial charge < -0.3 is 19.6 Å². The second-order valence-corrected chi connectivity index (χ2v) is 14.0. The van der Waals surface area contributed by atoms with Gasteiger partial charge in [-0.1, -0.05) is 90.1 Å². The van der Waals surface area contributed by atoms with Crippen LogP contribution in [-0.4, -0.2) is 28.2 Å². The van der Waals surface area contributed by atoms with Crippen LogP contribution in [0.4, 0.5) is 45.5 Å². The van der Waals surface area contributed by atoms with Gasteiger partial charge in [0.1, 0.15) is 0 Å². The van der Waals surface area contributed by atoms with Crippen molar-refractivity contribution in [3.63, 3.8) is 0 Å².